The lowest BCUT2D eigenvalue weighted by Crippen LogP contribution is -2.33. The molecule has 0 aromatic rings. The Labute approximate surface area is 69.8 Å². The van der Waals surface area contributed by atoms with Crippen LogP contribution in [0.2, 0.25) is 0 Å². The molecule has 0 amide bonds. The molecular weight excluding hydrogens is 136 g/mol. The van der Waals surface area contributed by atoms with Gasteiger partial charge in [-0.05, 0) is 30.6 Å². The molecule has 0 radical (unpaired) electrons. The van der Waals surface area contributed by atoms with Crippen LogP contribution < -0.4 is 0 Å². The average molecular weight is 156 g/mol. The minimum atomic E-state index is -0.0437. The van der Waals surface area contributed by atoms with E-state index in [9.17, 15) is 5.11 Å². The van der Waals surface area contributed by atoms with Crippen LogP contribution in [-0.4, -0.2) is 11.2 Å². The third-order valence-corrected chi connectivity index (χ3v) is 3.15. The van der Waals surface area contributed by atoms with Crippen molar-refractivity contribution in [1.29, 1.82) is 0 Å². The van der Waals surface area contributed by atoms with Crippen LogP contribution in [0, 0.1) is 17.8 Å². The van der Waals surface area contributed by atoms with Gasteiger partial charge in [0.15, 0.2) is 0 Å². The maximum atomic E-state index is 9.66. The Morgan fingerprint density at radius 1 is 1.18 bits per heavy atom. The maximum absolute atomic E-state index is 9.66. The van der Waals surface area contributed by atoms with Gasteiger partial charge in [0.25, 0.3) is 0 Å². The standard InChI is InChI=1S/C10H20O/c1-4-9-5-7(2)10(11)8(3)6-9/h7-11H,4-6H2,1-3H3/t7-,8?,9?,10-/m0/s1. The molecule has 11 heavy (non-hydrogen) atoms. The molecule has 0 spiro atoms. The van der Waals surface area contributed by atoms with Gasteiger partial charge in [-0.25, -0.2) is 0 Å². The first-order valence-electron chi connectivity index (χ1n) is 4.83. The Morgan fingerprint density at radius 3 is 2.00 bits per heavy atom. The van der Waals surface area contributed by atoms with Crippen molar-refractivity contribution in [1.82, 2.24) is 0 Å². The lowest BCUT2D eigenvalue weighted by molar-refractivity contribution is 0.0107. The Hall–Kier alpha value is -0.0400. The number of hydrogen-bond donors (Lipinski definition) is 1. The van der Waals surface area contributed by atoms with Crippen LogP contribution >= 0.6 is 0 Å². The van der Waals surface area contributed by atoms with Crippen LogP contribution in [0.5, 0.6) is 0 Å². The zero-order chi connectivity index (χ0) is 8.43. The first-order chi connectivity index (χ1) is 5.15. The molecule has 1 aliphatic carbocycles. The molecule has 0 aromatic heterocycles. The molecule has 0 saturated heterocycles. The molecule has 4 atom stereocenters. The Kier molecular flexibility index (Phi) is 2.94. The van der Waals surface area contributed by atoms with Crippen LogP contribution in [0.3, 0.4) is 0 Å². The molecule has 1 heteroatoms. The minimum absolute atomic E-state index is 0.0437. The quantitative estimate of drug-likeness (QED) is 0.618. The van der Waals surface area contributed by atoms with Crippen LogP contribution in [0.15, 0.2) is 0 Å². The van der Waals surface area contributed by atoms with E-state index in [0.29, 0.717) is 11.8 Å². The SMILES string of the molecule is CCC1CC(C)[C@@H](O)[C@@H](C)C1. The van der Waals surface area contributed by atoms with Gasteiger partial charge in [-0.3, -0.25) is 0 Å². The summed E-state index contributed by atoms with van der Waals surface area (Å²) in [6.45, 7) is 6.59. The van der Waals surface area contributed by atoms with Crippen LogP contribution in [0.25, 0.3) is 0 Å². The molecular formula is C10H20O. The lowest BCUT2D eigenvalue weighted by atomic mass is 9.74. The predicted molar refractivity (Wildman–Crippen MR) is 47.3 cm³/mol. The highest BCUT2D eigenvalue weighted by Crippen LogP contribution is 2.34. The average Bonchev–Trinajstić information content (AvgIpc) is 1.99. The summed E-state index contributed by atoms with van der Waals surface area (Å²) in [5, 5.41) is 9.66. The Bertz CT molecular complexity index is 110. The molecule has 1 saturated carbocycles. The summed E-state index contributed by atoms with van der Waals surface area (Å²) < 4.78 is 0. The molecule has 0 aromatic carbocycles. The smallest absolute Gasteiger partial charge is 0.0591 e. The van der Waals surface area contributed by atoms with Crippen molar-refractivity contribution in [2.45, 2.75) is 46.1 Å². The highest BCUT2D eigenvalue weighted by Gasteiger charge is 2.30. The molecule has 1 aliphatic rings. The summed E-state index contributed by atoms with van der Waals surface area (Å²) in [5.41, 5.74) is 0. The maximum Gasteiger partial charge on any atom is 0.0591 e. The van der Waals surface area contributed by atoms with Crippen LogP contribution in [0.4, 0.5) is 0 Å². The van der Waals surface area contributed by atoms with Crippen LogP contribution in [-0.2, 0) is 0 Å². The molecule has 1 fully saturated rings. The van der Waals surface area contributed by atoms with E-state index in [1.165, 1.54) is 19.3 Å². The van der Waals surface area contributed by atoms with E-state index in [0.717, 1.165) is 5.92 Å². The molecule has 1 rings (SSSR count). The van der Waals surface area contributed by atoms with Crippen molar-refractivity contribution in [2.24, 2.45) is 17.8 Å². The van der Waals surface area contributed by atoms with Gasteiger partial charge in [0.05, 0.1) is 6.10 Å². The summed E-state index contributed by atoms with van der Waals surface area (Å²) in [5.74, 6) is 1.90. The number of aliphatic hydroxyl groups is 1. The lowest BCUT2D eigenvalue weighted by Gasteiger charge is -2.35. The van der Waals surface area contributed by atoms with Crippen molar-refractivity contribution in [3.8, 4) is 0 Å². The second-order valence-electron chi connectivity index (χ2n) is 4.19. The normalized spacial score (nSPS) is 45.8. The third kappa shape index (κ3) is 1.96. The van der Waals surface area contributed by atoms with Gasteiger partial charge >= 0.3 is 0 Å². The van der Waals surface area contributed by atoms with Crippen molar-refractivity contribution in [3.05, 3.63) is 0 Å². The second-order valence-corrected chi connectivity index (χ2v) is 4.19. The fraction of sp³-hybridized carbons (Fsp3) is 1.00. The fourth-order valence-corrected chi connectivity index (χ4v) is 2.32. The Morgan fingerprint density at radius 2 is 1.64 bits per heavy atom. The van der Waals surface area contributed by atoms with E-state index >= 15 is 0 Å². The van der Waals surface area contributed by atoms with Crippen LogP contribution in [0.1, 0.15) is 40.0 Å². The minimum Gasteiger partial charge on any atom is -0.393 e. The molecule has 0 bridgehead atoms. The summed E-state index contributed by atoms with van der Waals surface area (Å²) >= 11 is 0. The van der Waals surface area contributed by atoms with Crippen molar-refractivity contribution < 1.29 is 5.11 Å². The first kappa shape index (κ1) is 9.05. The second kappa shape index (κ2) is 3.57. The summed E-state index contributed by atoms with van der Waals surface area (Å²) in [7, 11) is 0. The predicted octanol–water partition coefficient (Wildman–Crippen LogP) is 2.44. The van der Waals surface area contributed by atoms with Crippen molar-refractivity contribution in [2.75, 3.05) is 0 Å². The number of aliphatic hydroxyl groups excluding tert-OH is 1. The molecule has 0 heterocycles. The third-order valence-electron chi connectivity index (χ3n) is 3.15. The summed E-state index contributed by atoms with van der Waals surface area (Å²) in [6.07, 6.45) is 3.68. The van der Waals surface area contributed by atoms with E-state index < -0.39 is 0 Å². The Balaban J connectivity index is 2.47. The topological polar surface area (TPSA) is 20.2 Å². The van der Waals surface area contributed by atoms with Gasteiger partial charge in [-0.15, -0.1) is 0 Å². The van der Waals surface area contributed by atoms with Gasteiger partial charge in [-0.2, -0.15) is 0 Å². The molecule has 66 valence electrons. The van der Waals surface area contributed by atoms with E-state index in [1.807, 2.05) is 0 Å². The molecule has 1 N–H and O–H groups in total. The van der Waals surface area contributed by atoms with Gasteiger partial charge in [0, 0.05) is 0 Å². The van der Waals surface area contributed by atoms with Gasteiger partial charge in [0.2, 0.25) is 0 Å². The van der Waals surface area contributed by atoms with Gasteiger partial charge in [0.1, 0.15) is 0 Å². The van der Waals surface area contributed by atoms with Gasteiger partial charge in [-0.1, -0.05) is 27.2 Å². The summed E-state index contributed by atoms with van der Waals surface area (Å²) in [4.78, 5) is 0. The highest BCUT2D eigenvalue weighted by atomic mass is 16.3. The van der Waals surface area contributed by atoms with E-state index in [2.05, 4.69) is 20.8 Å². The molecule has 0 aliphatic heterocycles. The first-order valence-corrected chi connectivity index (χ1v) is 4.83. The number of hydrogen-bond acceptors (Lipinski definition) is 1. The van der Waals surface area contributed by atoms with E-state index in [-0.39, 0.29) is 6.10 Å². The van der Waals surface area contributed by atoms with Crippen molar-refractivity contribution in [3.63, 3.8) is 0 Å². The largest absolute Gasteiger partial charge is 0.393 e. The number of rotatable bonds is 1. The van der Waals surface area contributed by atoms with E-state index in [1.54, 1.807) is 0 Å². The molecule has 1 nitrogen and oxygen atoms in total. The zero-order valence-corrected chi connectivity index (χ0v) is 7.88. The monoisotopic (exact) mass is 156 g/mol. The zero-order valence-electron chi connectivity index (χ0n) is 7.88. The van der Waals surface area contributed by atoms with Gasteiger partial charge < -0.3 is 5.11 Å². The summed E-state index contributed by atoms with van der Waals surface area (Å²) in [6, 6.07) is 0. The fourth-order valence-electron chi connectivity index (χ4n) is 2.32. The van der Waals surface area contributed by atoms with Crippen molar-refractivity contribution >= 4 is 0 Å². The highest BCUT2D eigenvalue weighted by molar-refractivity contribution is 4.81. The molecule has 2 unspecified atom stereocenters. The van der Waals surface area contributed by atoms with E-state index in [4.69, 9.17) is 0 Å².